The van der Waals surface area contributed by atoms with Crippen LogP contribution in [0.25, 0.3) is 11.0 Å². The van der Waals surface area contributed by atoms with Crippen molar-refractivity contribution in [3.63, 3.8) is 0 Å². The first-order valence-corrected chi connectivity index (χ1v) is 11.4. The number of aromatic nitrogens is 2. The first kappa shape index (κ1) is 22.6. The van der Waals surface area contributed by atoms with E-state index in [2.05, 4.69) is 48.0 Å². The van der Waals surface area contributed by atoms with Gasteiger partial charge in [-0.05, 0) is 75.6 Å². The number of benzene rings is 3. The predicted molar refractivity (Wildman–Crippen MR) is 133 cm³/mol. The molecular formula is C28H31N3O2. The van der Waals surface area contributed by atoms with Crippen LogP contribution in [0.2, 0.25) is 0 Å². The second-order valence-electron chi connectivity index (χ2n) is 8.74. The van der Waals surface area contributed by atoms with Gasteiger partial charge in [0.05, 0.1) is 23.6 Å². The molecule has 3 aromatic carbocycles. The molecule has 4 aromatic rings. The number of para-hydroxylation sites is 2. The van der Waals surface area contributed by atoms with Crippen molar-refractivity contribution in [3.05, 3.63) is 94.3 Å². The van der Waals surface area contributed by atoms with E-state index in [1.54, 1.807) is 0 Å². The van der Waals surface area contributed by atoms with Crippen LogP contribution >= 0.6 is 0 Å². The second kappa shape index (κ2) is 9.49. The van der Waals surface area contributed by atoms with Crippen LogP contribution in [0.15, 0.2) is 60.7 Å². The molecule has 0 bridgehead atoms. The van der Waals surface area contributed by atoms with Crippen LogP contribution in [0.3, 0.4) is 0 Å². The predicted octanol–water partition coefficient (Wildman–Crippen LogP) is 5.84. The first-order chi connectivity index (χ1) is 15.8. The Balaban J connectivity index is 1.56. The summed E-state index contributed by atoms with van der Waals surface area (Å²) in [7, 11) is 0. The Morgan fingerprint density at radius 3 is 2.48 bits per heavy atom. The average Bonchev–Trinajstić information content (AvgIpc) is 3.15. The molecule has 5 heteroatoms. The van der Waals surface area contributed by atoms with Gasteiger partial charge in [0, 0.05) is 5.56 Å². The molecule has 0 aliphatic heterocycles. The molecule has 0 aliphatic carbocycles. The van der Waals surface area contributed by atoms with Crippen LogP contribution in [-0.4, -0.2) is 22.1 Å². The minimum absolute atomic E-state index is 0.0924. The topological polar surface area (TPSA) is 56.2 Å². The van der Waals surface area contributed by atoms with Crippen molar-refractivity contribution >= 4 is 16.9 Å². The van der Waals surface area contributed by atoms with Crippen molar-refractivity contribution in [2.24, 2.45) is 0 Å². The number of rotatable bonds is 7. The molecule has 0 saturated heterocycles. The van der Waals surface area contributed by atoms with E-state index in [-0.39, 0.29) is 11.9 Å². The number of carbonyl (C=O) groups is 1. The number of hydrogen-bond acceptors (Lipinski definition) is 3. The second-order valence-corrected chi connectivity index (χ2v) is 8.74. The molecular weight excluding hydrogens is 410 g/mol. The molecule has 1 aromatic heterocycles. The lowest BCUT2D eigenvalue weighted by molar-refractivity contribution is 0.0937. The van der Waals surface area contributed by atoms with Gasteiger partial charge >= 0.3 is 0 Å². The summed E-state index contributed by atoms with van der Waals surface area (Å²) in [5, 5.41) is 3.14. The molecule has 0 fully saturated rings. The number of carbonyl (C=O) groups excluding carboxylic acids is 1. The Kier molecular flexibility index (Phi) is 6.50. The number of fused-ring (bicyclic) bond motifs is 1. The molecule has 0 saturated carbocycles. The molecule has 0 radical (unpaired) electrons. The molecule has 4 rings (SSSR count). The molecule has 1 heterocycles. The van der Waals surface area contributed by atoms with Crippen LogP contribution in [0, 0.1) is 27.7 Å². The summed E-state index contributed by atoms with van der Waals surface area (Å²) >= 11 is 0. The quantitative estimate of drug-likeness (QED) is 0.392. The summed E-state index contributed by atoms with van der Waals surface area (Å²) in [4.78, 5) is 17.8. The maximum atomic E-state index is 13.0. The summed E-state index contributed by atoms with van der Waals surface area (Å²) in [5.74, 6) is 1.63. The molecule has 170 valence electrons. The Labute approximate surface area is 195 Å². The normalized spacial score (nSPS) is 12.0. The number of aryl methyl sites for hydroxylation is 4. The van der Waals surface area contributed by atoms with Gasteiger partial charge in [-0.2, -0.15) is 0 Å². The fourth-order valence-electron chi connectivity index (χ4n) is 4.18. The minimum Gasteiger partial charge on any atom is -0.491 e. The Hall–Kier alpha value is -3.60. The molecule has 0 spiro atoms. The van der Waals surface area contributed by atoms with E-state index in [9.17, 15) is 4.79 Å². The van der Waals surface area contributed by atoms with Crippen LogP contribution in [0.4, 0.5) is 0 Å². The van der Waals surface area contributed by atoms with E-state index in [1.807, 2.05) is 57.2 Å². The van der Waals surface area contributed by atoms with E-state index in [1.165, 1.54) is 5.56 Å². The Bertz CT molecular complexity index is 1310. The highest BCUT2D eigenvalue weighted by molar-refractivity contribution is 5.96. The van der Waals surface area contributed by atoms with Crippen molar-refractivity contribution in [1.82, 2.24) is 14.9 Å². The maximum absolute atomic E-state index is 13.0. The summed E-state index contributed by atoms with van der Waals surface area (Å²) < 4.78 is 8.26. The molecule has 5 nitrogen and oxygen atoms in total. The average molecular weight is 442 g/mol. The summed E-state index contributed by atoms with van der Waals surface area (Å²) in [6, 6.07) is 19.9. The van der Waals surface area contributed by atoms with Crippen molar-refractivity contribution in [3.8, 4) is 5.75 Å². The number of hydrogen-bond donors (Lipinski definition) is 1. The van der Waals surface area contributed by atoms with Gasteiger partial charge in [-0.3, -0.25) is 4.79 Å². The first-order valence-electron chi connectivity index (χ1n) is 11.4. The molecule has 1 amide bonds. The van der Waals surface area contributed by atoms with E-state index in [0.29, 0.717) is 18.7 Å². The smallest absolute Gasteiger partial charge is 0.252 e. The van der Waals surface area contributed by atoms with Gasteiger partial charge in [0.25, 0.3) is 5.91 Å². The van der Waals surface area contributed by atoms with Crippen molar-refractivity contribution in [1.29, 1.82) is 0 Å². The monoisotopic (exact) mass is 441 g/mol. The number of nitrogens with zero attached hydrogens (tertiary/aromatic N) is 2. The Morgan fingerprint density at radius 2 is 1.70 bits per heavy atom. The van der Waals surface area contributed by atoms with Crippen LogP contribution in [0.1, 0.15) is 51.4 Å². The number of nitrogens with one attached hydrogen (secondary N) is 1. The van der Waals surface area contributed by atoms with Crippen LogP contribution in [0.5, 0.6) is 5.75 Å². The number of ether oxygens (including phenoxy) is 1. The Morgan fingerprint density at radius 1 is 0.970 bits per heavy atom. The summed E-state index contributed by atoms with van der Waals surface area (Å²) in [5.41, 5.74) is 7.03. The van der Waals surface area contributed by atoms with Gasteiger partial charge in [-0.15, -0.1) is 0 Å². The fraction of sp³-hybridized carbons (Fsp3) is 0.286. The third-order valence-electron chi connectivity index (χ3n) is 5.96. The lowest BCUT2D eigenvalue weighted by atomic mass is 10.0. The fourth-order valence-corrected chi connectivity index (χ4v) is 4.18. The van der Waals surface area contributed by atoms with Gasteiger partial charge in [0.15, 0.2) is 0 Å². The van der Waals surface area contributed by atoms with E-state index >= 15 is 0 Å². The SMILES string of the molecule is Cc1ccc(C(=O)NC(C)c2nc3ccccc3n2CCOc2cc(C)ccc2C)c(C)c1. The zero-order chi connectivity index (χ0) is 23.5. The molecule has 1 atom stereocenters. The van der Waals surface area contributed by atoms with Gasteiger partial charge in [0.2, 0.25) is 0 Å². The summed E-state index contributed by atoms with van der Waals surface area (Å²) in [6.07, 6.45) is 0. The lowest BCUT2D eigenvalue weighted by Crippen LogP contribution is -2.29. The number of amides is 1. The standard InChI is InChI=1S/C28H31N3O2/c1-18-11-13-23(21(4)16-18)28(32)29-22(5)27-30-24-8-6-7-9-25(24)31(27)14-15-33-26-17-19(2)10-12-20(26)3/h6-13,16-17,22H,14-15H2,1-5H3,(H,29,32). The van der Waals surface area contributed by atoms with Gasteiger partial charge in [-0.1, -0.05) is 42.0 Å². The summed E-state index contributed by atoms with van der Waals surface area (Å²) in [6.45, 7) is 11.2. The molecule has 33 heavy (non-hydrogen) atoms. The van der Waals surface area contributed by atoms with Crippen molar-refractivity contribution < 1.29 is 9.53 Å². The van der Waals surface area contributed by atoms with E-state index < -0.39 is 0 Å². The van der Waals surface area contributed by atoms with Crippen LogP contribution in [-0.2, 0) is 6.54 Å². The molecule has 1 unspecified atom stereocenters. The van der Waals surface area contributed by atoms with Crippen LogP contribution < -0.4 is 10.1 Å². The minimum atomic E-state index is -0.258. The lowest BCUT2D eigenvalue weighted by Gasteiger charge is -2.18. The van der Waals surface area contributed by atoms with Gasteiger partial charge < -0.3 is 14.6 Å². The zero-order valence-corrected chi connectivity index (χ0v) is 20.0. The van der Waals surface area contributed by atoms with E-state index in [4.69, 9.17) is 9.72 Å². The highest BCUT2D eigenvalue weighted by Crippen LogP contribution is 2.23. The third-order valence-corrected chi connectivity index (χ3v) is 5.96. The van der Waals surface area contributed by atoms with Gasteiger partial charge in [-0.25, -0.2) is 4.98 Å². The van der Waals surface area contributed by atoms with Crippen molar-refractivity contribution in [2.75, 3.05) is 6.61 Å². The number of imidazole rings is 1. The van der Waals surface area contributed by atoms with Crippen molar-refractivity contribution in [2.45, 2.75) is 47.2 Å². The highest BCUT2D eigenvalue weighted by Gasteiger charge is 2.20. The third kappa shape index (κ3) is 4.92. The van der Waals surface area contributed by atoms with Gasteiger partial charge in [0.1, 0.15) is 18.2 Å². The maximum Gasteiger partial charge on any atom is 0.252 e. The zero-order valence-electron chi connectivity index (χ0n) is 20.0. The molecule has 1 N–H and O–H groups in total. The molecule has 0 aliphatic rings. The van der Waals surface area contributed by atoms with E-state index in [0.717, 1.165) is 39.3 Å². The largest absolute Gasteiger partial charge is 0.491 e. The highest BCUT2D eigenvalue weighted by atomic mass is 16.5.